The topological polar surface area (TPSA) is 58.2 Å². The second-order valence-corrected chi connectivity index (χ2v) is 6.82. The lowest BCUT2D eigenvalue weighted by Gasteiger charge is -2.28. The van der Waals surface area contributed by atoms with Crippen LogP contribution in [-0.2, 0) is 22.6 Å². The third kappa shape index (κ3) is 4.46. The van der Waals surface area contributed by atoms with Gasteiger partial charge in [-0.3, -0.25) is 14.9 Å². The highest BCUT2D eigenvalue weighted by atomic mass is 32.2. The van der Waals surface area contributed by atoms with Crippen molar-refractivity contribution in [1.82, 2.24) is 10.6 Å². The van der Waals surface area contributed by atoms with Crippen LogP contribution >= 0.6 is 11.8 Å². The second-order valence-electron chi connectivity index (χ2n) is 5.80. The summed E-state index contributed by atoms with van der Waals surface area (Å²) >= 11 is 1.24. The summed E-state index contributed by atoms with van der Waals surface area (Å²) in [4.78, 5) is 24.5. The lowest BCUT2D eigenvalue weighted by Crippen LogP contribution is -2.55. The minimum Gasteiger partial charge on any atom is -0.351 e. The third-order valence-electron chi connectivity index (χ3n) is 3.99. The Morgan fingerprint density at radius 3 is 2.33 bits per heavy atom. The monoisotopic (exact) mass is 340 g/mol. The molecule has 1 aliphatic rings. The summed E-state index contributed by atoms with van der Waals surface area (Å²) in [6.45, 7) is 0.500. The Balaban J connectivity index is 1.56. The van der Waals surface area contributed by atoms with Gasteiger partial charge in [0.1, 0.15) is 0 Å². The first-order valence-corrected chi connectivity index (χ1v) is 8.99. The maximum atomic E-state index is 12.4. The van der Waals surface area contributed by atoms with Crippen LogP contribution in [0, 0.1) is 0 Å². The summed E-state index contributed by atoms with van der Waals surface area (Å²) in [5.41, 5.74) is 2.15. The number of amides is 1. The van der Waals surface area contributed by atoms with Gasteiger partial charge in [-0.25, -0.2) is 0 Å². The quantitative estimate of drug-likeness (QED) is 0.876. The van der Waals surface area contributed by atoms with E-state index in [1.807, 2.05) is 60.7 Å². The molecule has 2 aromatic carbocycles. The van der Waals surface area contributed by atoms with Crippen molar-refractivity contribution in [3.05, 3.63) is 71.8 Å². The summed E-state index contributed by atoms with van der Waals surface area (Å²) in [5, 5.41) is 6.25. The van der Waals surface area contributed by atoms with E-state index in [1.54, 1.807) is 0 Å². The molecule has 124 valence electrons. The molecule has 1 amide bonds. The van der Waals surface area contributed by atoms with Gasteiger partial charge in [0.15, 0.2) is 0 Å². The van der Waals surface area contributed by atoms with Gasteiger partial charge in [-0.15, -0.1) is 0 Å². The van der Waals surface area contributed by atoms with Crippen LogP contribution in [0.1, 0.15) is 11.1 Å². The van der Waals surface area contributed by atoms with Gasteiger partial charge in [0.05, 0.1) is 12.1 Å². The molecule has 5 heteroatoms. The van der Waals surface area contributed by atoms with Crippen molar-refractivity contribution in [1.29, 1.82) is 0 Å². The van der Waals surface area contributed by atoms with Gasteiger partial charge in [-0.2, -0.15) is 0 Å². The summed E-state index contributed by atoms with van der Waals surface area (Å²) in [7, 11) is 0. The van der Waals surface area contributed by atoms with E-state index in [2.05, 4.69) is 10.6 Å². The number of rotatable bonds is 5. The normalized spacial score (nSPS) is 20.6. The van der Waals surface area contributed by atoms with Crippen LogP contribution in [0.15, 0.2) is 60.7 Å². The molecule has 0 bridgehead atoms. The molecule has 4 nitrogen and oxygen atoms in total. The van der Waals surface area contributed by atoms with Crippen molar-refractivity contribution >= 4 is 22.8 Å². The van der Waals surface area contributed by atoms with E-state index >= 15 is 0 Å². The Labute approximate surface area is 146 Å². The van der Waals surface area contributed by atoms with Gasteiger partial charge in [0.2, 0.25) is 11.0 Å². The molecular weight excluding hydrogens is 320 g/mol. The number of hydrogen-bond acceptors (Lipinski definition) is 4. The first kappa shape index (κ1) is 16.7. The standard InChI is InChI=1S/C19H20N2O2S/c22-18(20-12-15-9-5-2-6-10-15)17-13-24-19(23)16(21-17)11-14-7-3-1-4-8-14/h1-10,16-17,21H,11-13H2,(H,20,22)/t16-,17+/m0/s1. The highest BCUT2D eigenvalue weighted by Gasteiger charge is 2.32. The predicted molar refractivity (Wildman–Crippen MR) is 96.6 cm³/mol. The van der Waals surface area contributed by atoms with E-state index in [4.69, 9.17) is 0 Å². The van der Waals surface area contributed by atoms with Crippen LogP contribution in [-0.4, -0.2) is 28.9 Å². The van der Waals surface area contributed by atoms with Gasteiger partial charge in [0.25, 0.3) is 0 Å². The Morgan fingerprint density at radius 2 is 1.67 bits per heavy atom. The molecule has 0 saturated carbocycles. The summed E-state index contributed by atoms with van der Waals surface area (Å²) in [5.74, 6) is 0.419. The molecule has 1 heterocycles. The molecule has 0 spiro atoms. The van der Waals surface area contributed by atoms with Crippen LogP contribution < -0.4 is 10.6 Å². The summed E-state index contributed by atoms with van der Waals surface area (Å²) in [6.07, 6.45) is 0.606. The van der Waals surface area contributed by atoms with Crippen LogP contribution in [0.4, 0.5) is 0 Å². The van der Waals surface area contributed by atoms with Crippen LogP contribution in [0.2, 0.25) is 0 Å². The average Bonchev–Trinajstić information content (AvgIpc) is 2.63. The van der Waals surface area contributed by atoms with Gasteiger partial charge >= 0.3 is 0 Å². The average molecular weight is 340 g/mol. The van der Waals surface area contributed by atoms with Gasteiger partial charge in [0, 0.05) is 12.3 Å². The third-order valence-corrected chi connectivity index (χ3v) is 5.06. The van der Waals surface area contributed by atoms with E-state index in [1.165, 1.54) is 11.8 Å². The maximum absolute atomic E-state index is 12.4. The van der Waals surface area contributed by atoms with Crippen LogP contribution in [0.25, 0.3) is 0 Å². The fourth-order valence-corrected chi connectivity index (χ4v) is 3.61. The van der Waals surface area contributed by atoms with Crippen molar-refractivity contribution < 1.29 is 9.59 Å². The van der Waals surface area contributed by atoms with Crippen molar-refractivity contribution in [2.24, 2.45) is 0 Å². The molecule has 2 atom stereocenters. The molecule has 0 aliphatic carbocycles. The Hall–Kier alpha value is -2.11. The molecule has 3 rings (SSSR count). The SMILES string of the molecule is O=C1SC[C@H](C(=O)NCc2ccccc2)N[C@H]1Cc1ccccc1. The second kappa shape index (κ2) is 8.13. The van der Waals surface area contributed by atoms with E-state index in [9.17, 15) is 9.59 Å². The zero-order valence-electron chi connectivity index (χ0n) is 13.3. The summed E-state index contributed by atoms with van der Waals surface area (Å²) < 4.78 is 0. The minimum absolute atomic E-state index is 0.0584. The zero-order valence-corrected chi connectivity index (χ0v) is 14.1. The first-order chi connectivity index (χ1) is 11.7. The molecule has 0 aromatic heterocycles. The molecule has 0 radical (unpaired) electrons. The highest BCUT2D eigenvalue weighted by molar-refractivity contribution is 8.13. The fraction of sp³-hybridized carbons (Fsp3) is 0.263. The van der Waals surface area contributed by atoms with E-state index in [-0.39, 0.29) is 23.1 Å². The lowest BCUT2D eigenvalue weighted by molar-refractivity contribution is -0.123. The minimum atomic E-state index is -0.342. The highest BCUT2D eigenvalue weighted by Crippen LogP contribution is 2.18. The molecule has 2 aromatic rings. The predicted octanol–water partition coefficient (Wildman–Crippen LogP) is 2.15. The van der Waals surface area contributed by atoms with Gasteiger partial charge in [-0.1, -0.05) is 72.4 Å². The van der Waals surface area contributed by atoms with Crippen molar-refractivity contribution in [2.45, 2.75) is 25.0 Å². The number of nitrogens with one attached hydrogen (secondary N) is 2. The number of benzene rings is 2. The van der Waals surface area contributed by atoms with Gasteiger partial charge in [-0.05, 0) is 17.5 Å². The molecule has 0 unspecified atom stereocenters. The Morgan fingerprint density at radius 1 is 1.04 bits per heavy atom. The smallest absolute Gasteiger partial charge is 0.238 e. The first-order valence-electron chi connectivity index (χ1n) is 8.00. The summed E-state index contributed by atoms with van der Waals surface area (Å²) in [6, 6.07) is 19.0. The van der Waals surface area contributed by atoms with E-state index in [0.717, 1.165) is 11.1 Å². The van der Waals surface area contributed by atoms with E-state index < -0.39 is 0 Å². The van der Waals surface area contributed by atoms with Crippen molar-refractivity contribution in [2.75, 3.05) is 5.75 Å². The van der Waals surface area contributed by atoms with Crippen molar-refractivity contribution in [3.63, 3.8) is 0 Å². The number of hydrogen-bond donors (Lipinski definition) is 2. The molecular formula is C19H20N2O2S. The largest absolute Gasteiger partial charge is 0.351 e. The lowest BCUT2D eigenvalue weighted by atomic mass is 10.1. The number of thioether (sulfide) groups is 1. The molecule has 1 saturated heterocycles. The Kier molecular flexibility index (Phi) is 5.67. The van der Waals surface area contributed by atoms with Crippen molar-refractivity contribution in [3.8, 4) is 0 Å². The number of carbonyl (C=O) groups is 2. The number of carbonyl (C=O) groups excluding carboxylic acids is 2. The molecule has 24 heavy (non-hydrogen) atoms. The molecule has 1 fully saturated rings. The van der Waals surface area contributed by atoms with Crippen LogP contribution in [0.5, 0.6) is 0 Å². The Bertz CT molecular complexity index is 691. The zero-order chi connectivity index (χ0) is 16.8. The maximum Gasteiger partial charge on any atom is 0.238 e. The van der Waals surface area contributed by atoms with Gasteiger partial charge < -0.3 is 5.32 Å². The van der Waals surface area contributed by atoms with E-state index in [0.29, 0.717) is 18.7 Å². The fourth-order valence-electron chi connectivity index (χ4n) is 2.68. The molecule has 2 N–H and O–H groups in total. The van der Waals surface area contributed by atoms with Crippen LogP contribution in [0.3, 0.4) is 0 Å². The molecule has 1 aliphatic heterocycles.